The molecule has 0 N–H and O–H groups in total. The van der Waals surface area contributed by atoms with Gasteiger partial charge >= 0.3 is 0 Å². The van der Waals surface area contributed by atoms with Crippen LogP contribution in [-0.4, -0.2) is 15.0 Å². The summed E-state index contributed by atoms with van der Waals surface area (Å²) in [5.74, 6) is 0. The van der Waals surface area contributed by atoms with Gasteiger partial charge in [-0.05, 0) is 45.1 Å². The van der Waals surface area contributed by atoms with Crippen LogP contribution in [0, 0.1) is 0 Å². The van der Waals surface area contributed by atoms with E-state index in [2.05, 4.69) is 11.0 Å². The molecule has 1 heterocycles. The fourth-order valence-electron chi connectivity index (χ4n) is 1.18. The van der Waals surface area contributed by atoms with Crippen LogP contribution < -0.4 is 0 Å². The van der Waals surface area contributed by atoms with Crippen LogP contribution in [0.2, 0.25) is 5.02 Å². The number of thiophene rings is 1. The van der Waals surface area contributed by atoms with Gasteiger partial charge < -0.3 is 4.55 Å². The minimum absolute atomic E-state index is 0.358. The van der Waals surface area contributed by atoms with E-state index in [0.717, 1.165) is 17.0 Å². The topological polar surface area (TPSA) is 35.4 Å². The Bertz CT molecular complexity index is 434. The largest absolute Gasteiger partial charge is 0.591 e. The molecule has 0 fully saturated rings. The van der Waals surface area contributed by atoms with Gasteiger partial charge in [0.25, 0.3) is 0 Å². The third-order valence-corrected chi connectivity index (χ3v) is 5.01. The molecule has 1 aromatic rings. The van der Waals surface area contributed by atoms with Gasteiger partial charge in [0.05, 0.1) is 9.90 Å². The highest BCUT2D eigenvalue weighted by Gasteiger charge is 2.27. The van der Waals surface area contributed by atoms with Crippen LogP contribution in [0.1, 0.15) is 38.5 Å². The van der Waals surface area contributed by atoms with E-state index in [1.54, 1.807) is 0 Å². The van der Waals surface area contributed by atoms with Crippen LogP contribution in [0.25, 0.3) is 0 Å². The second kappa shape index (κ2) is 6.75. The maximum absolute atomic E-state index is 12.1. The molecule has 0 saturated heterocycles. The molecule has 0 aliphatic heterocycles. The van der Waals surface area contributed by atoms with Crippen molar-refractivity contribution >= 4 is 40.0 Å². The van der Waals surface area contributed by atoms with Crippen LogP contribution in [0.5, 0.6) is 0 Å². The Morgan fingerprint density at radius 2 is 2.28 bits per heavy atom. The average molecular weight is 304 g/mol. The summed E-state index contributed by atoms with van der Waals surface area (Å²) in [6.45, 7) is 9.44. The van der Waals surface area contributed by atoms with Crippen molar-refractivity contribution in [1.29, 1.82) is 0 Å². The summed E-state index contributed by atoms with van der Waals surface area (Å²) in [6.07, 6.45) is 3.34. The molecule has 100 valence electrons. The Hall–Kier alpha value is -0.290. The minimum atomic E-state index is -1.26. The van der Waals surface area contributed by atoms with Gasteiger partial charge in [-0.25, -0.2) is 0 Å². The minimum Gasteiger partial charge on any atom is -0.591 e. The Kier molecular flexibility index (Phi) is 5.92. The van der Waals surface area contributed by atoms with Gasteiger partial charge in [-0.15, -0.1) is 17.9 Å². The predicted octanol–water partition coefficient (Wildman–Crippen LogP) is 4.62. The maximum Gasteiger partial charge on any atom is 0.144 e. The summed E-state index contributed by atoms with van der Waals surface area (Å²) in [6, 6.07) is 1.84. The Balaban J connectivity index is 3.02. The normalized spacial score (nSPS) is 14.6. The molecule has 0 amide bonds. The van der Waals surface area contributed by atoms with Gasteiger partial charge in [-0.1, -0.05) is 22.1 Å². The van der Waals surface area contributed by atoms with E-state index in [1.807, 2.05) is 38.3 Å². The zero-order valence-corrected chi connectivity index (χ0v) is 13.3. The maximum atomic E-state index is 12.1. The highest BCUT2D eigenvalue weighted by molar-refractivity contribution is 7.91. The summed E-state index contributed by atoms with van der Waals surface area (Å²) in [4.78, 5) is 0.913. The van der Waals surface area contributed by atoms with E-state index in [4.69, 9.17) is 11.6 Å². The molecule has 0 aliphatic rings. The third-order valence-electron chi connectivity index (χ3n) is 2.18. The highest BCUT2D eigenvalue weighted by Crippen LogP contribution is 2.27. The predicted molar refractivity (Wildman–Crippen MR) is 83.2 cm³/mol. The van der Waals surface area contributed by atoms with Gasteiger partial charge in [-0.3, -0.25) is 0 Å². The zero-order valence-electron chi connectivity index (χ0n) is 10.9. The van der Waals surface area contributed by atoms with Gasteiger partial charge in [0, 0.05) is 0 Å². The molecule has 1 aromatic heterocycles. The average Bonchev–Trinajstić information content (AvgIpc) is 2.69. The van der Waals surface area contributed by atoms with Crippen molar-refractivity contribution in [3.63, 3.8) is 0 Å². The van der Waals surface area contributed by atoms with Gasteiger partial charge in [-0.2, -0.15) is 0 Å². The van der Waals surface area contributed by atoms with Crippen molar-refractivity contribution < 1.29 is 4.55 Å². The van der Waals surface area contributed by atoms with Crippen molar-refractivity contribution in [2.24, 2.45) is 4.40 Å². The molecule has 2 nitrogen and oxygen atoms in total. The lowest BCUT2D eigenvalue weighted by Gasteiger charge is -2.19. The van der Waals surface area contributed by atoms with Crippen molar-refractivity contribution in [2.45, 2.75) is 38.4 Å². The van der Waals surface area contributed by atoms with Crippen LogP contribution >= 0.6 is 22.9 Å². The third kappa shape index (κ3) is 4.43. The smallest absolute Gasteiger partial charge is 0.144 e. The molecule has 0 aliphatic carbocycles. The summed E-state index contributed by atoms with van der Waals surface area (Å²) in [5.41, 5.74) is 0.808. The number of hydrogen-bond acceptors (Lipinski definition) is 3. The number of rotatable bonds is 5. The number of halogens is 1. The van der Waals surface area contributed by atoms with Crippen molar-refractivity contribution in [3.8, 4) is 0 Å². The van der Waals surface area contributed by atoms with Crippen LogP contribution in [0.3, 0.4) is 0 Å². The molecule has 0 bridgehead atoms. The second-order valence-corrected chi connectivity index (χ2v) is 8.05. The molecule has 0 saturated carbocycles. The standard InChI is InChI=1S/C13H18ClNOS2/c1-5-6-7-11(12-10(14)8-9-17-12)15-18(16)13(2,3)4/h5,8-9H,1,6-7H2,2-4H3. The SMILES string of the molecule is C=CCCC(=N[S+]([O-])C(C)(C)C)c1sccc1Cl. The van der Waals surface area contributed by atoms with Crippen LogP contribution in [0.15, 0.2) is 28.5 Å². The van der Waals surface area contributed by atoms with E-state index in [0.29, 0.717) is 11.4 Å². The molecule has 1 rings (SSSR count). The van der Waals surface area contributed by atoms with Gasteiger partial charge in [0.15, 0.2) is 0 Å². The second-order valence-electron chi connectivity index (χ2n) is 4.82. The fourth-order valence-corrected chi connectivity index (χ4v) is 3.08. The molecular weight excluding hydrogens is 286 g/mol. The van der Waals surface area contributed by atoms with E-state index in [1.165, 1.54) is 11.3 Å². The summed E-state index contributed by atoms with van der Waals surface area (Å²) < 4.78 is 16.1. The Morgan fingerprint density at radius 1 is 1.61 bits per heavy atom. The van der Waals surface area contributed by atoms with E-state index >= 15 is 0 Å². The van der Waals surface area contributed by atoms with Crippen molar-refractivity contribution in [3.05, 3.63) is 34.0 Å². The van der Waals surface area contributed by atoms with Crippen LogP contribution in [-0.2, 0) is 11.4 Å². The summed E-state index contributed by atoms with van der Waals surface area (Å²) >= 11 is 6.38. The fraction of sp³-hybridized carbons (Fsp3) is 0.462. The van der Waals surface area contributed by atoms with Crippen LogP contribution in [0.4, 0.5) is 0 Å². The molecule has 1 atom stereocenters. The monoisotopic (exact) mass is 303 g/mol. The first-order valence-electron chi connectivity index (χ1n) is 5.70. The first kappa shape index (κ1) is 15.8. The van der Waals surface area contributed by atoms with Crippen molar-refractivity contribution in [2.75, 3.05) is 0 Å². The molecule has 1 unspecified atom stereocenters. The van der Waals surface area contributed by atoms with E-state index in [-0.39, 0.29) is 4.75 Å². The number of nitrogens with zero attached hydrogens (tertiary/aromatic N) is 1. The number of hydrogen-bond donors (Lipinski definition) is 0. The highest BCUT2D eigenvalue weighted by atomic mass is 35.5. The lowest BCUT2D eigenvalue weighted by Crippen LogP contribution is -2.27. The van der Waals surface area contributed by atoms with Gasteiger partial charge in [0.1, 0.15) is 21.8 Å². The zero-order chi connectivity index (χ0) is 13.8. The molecule has 0 radical (unpaired) electrons. The molecule has 0 aromatic carbocycles. The van der Waals surface area contributed by atoms with Crippen molar-refractivity contribution in [1.82, 2.24) is 0 Å². The summed E-state index contributed by atoms with van der Waals surface area (Å²) in [7, 11) is 0. The molecular formula is C13H18ClNOS2. The van der Waals surface area contributed by atoms with E-state index < -0.39 is 11.4 Å². The first-order chi connectivity index (χ1) is 8.36. The lowest BCUT2D eigenvalue weighted by atomic mass is 10.2. The van der Waals surface area contributed by atoms with Gasteiger partial charge in [0.2, 0.25) is 0 Å². The number of allylic oxidation sites excluding steroid dienone is 1. The Labute approximate surface area is 121 Å². The first-order valence-corrected chi connectivity index (χ1v) is 8.06. The summed E-state index contributed by atoms with van der Waals surface area (Å²) in [5, 5.41) is 2.59. The lowest BCUT2D eigenvalue weighted by molar-refractivity contribution is 0.561. The molecule has 5 heteroatoms. The van der Waals surface area contributed by atoms with E-state index in [9.17, 15) is 4.55 Å². The molecule has 0 spiro atoms. The quantitative estimate of drug-likeness (QED) is 0.444. The Morgan fingerprint density at radius 3 is 2.72 bits per heavy atom. The molecule has 18 heavy (non-hydrogen) atoms.